The smallest absolute Gasteiger partial charge is 0.316 e. The summed E-state index contributed by atoms with van der Waals surface area (Å²) < 4.78 is 13.2. The number of aryl methyl sites for hydroxylation is 1. The number of para-hydroxylation sites is 1. The molecule has 7 nitrogen and oxygen atoms in total. The Balaban J connectivity index is 1.33. The number of fused-ring (bicyclic) bond motifs is 1. The first-order valence-corrected chi connectivity index (χ1v) is 16.0. The zero-order chi connectivity index (χ0) is 29.7. The van der Waals surface area contributed by atoms with E-state index in [1.807, 2.05) is 30.3 Å². The molecule has 2 aliphatic rings. The summed E-state index contributed by atoms with van der Waals surface area (Å²) in [6.45, 7) is 8.16. The lowest BCUT2D eigenvalue weighted by Gasteiger charge is -2.26. The summed E-state index contributed by atoms with van der Waals surface area (Å²) in [4.78, 5) is 35.9. The number of hydrogen-bond donors (Lipinski definition) is 2. The molecular weight excluding hydrogens is 529 g/mol. The lowest BCUT2D eigenvalue weighted by molar-refractivity contribution is -0.120. The van der Waals surface area contributed by atoms with Crippen LogP contribution in [0.4, 0.5) is 14.9 Å². The van der Waals surface area contributed by atoms with Crippen molar-refractivity contribution in [2.24, 2.45) is 10.9 Å². The van der Waals surface area contributed by atoms with Crippen molar-refractivity contribution in [3.8, 4) is 0 Å². The molecule has 4 rings (SSSR count). The number of rotatable bonds is 14. The Bertz CT molecular complexity index is 1180. The van der Waals surface area contributed by atoms with E-state index in [-0.39, 0.29) is 17.8 Å². The third kappa shape index (κ3) is 8.87. The molecule has 0 aromatic heterocycles. The van der Waals surface area contributed by atoms with Gasteiger partial charge in [0.2, 0.25) is 6.17 Å². The Kier molecular flexibility index (Phi) is 12.4. The van der Waals surface area contributed by atoms with Crippen LogP contribution in [0.25, 0.3) is 0 Å². The first-order chi connectivity index (χ1) is 20.5. The highest BCUT2D eigenvalue weighted by atomic mass is 19.1. The molecule has 2 N–H and O–H groups in total. The highest BCUT2D eigenvalue weighted by Crippen LogP contribution is 2.34. The lowest BCUT2D eigenvalue weighted by Crippen LogP contribution is -2.50. The summed E-state index contributed by atoms with van der Waals surface area (Å²) >= 11 is 0. The van der Waals surface area contributed by atoms with Crippen molar-refractivity contribution in [3.63, 3.8) is 0 Å². The van der Waals surface area contributed by atoms with E-state index in [9.17, 15) is 14.0 Å². The second-order valence-corrected chi connectivity index (χ2v) is 11.6. The Morgan fingerprint density at radius 1 is 0.976 bits per heavy atom. The predicted molar refractivity (Wildman–Crippen MR) is 169 cm³/mol. The summed E-state index contributed by atoms with van der Waals surface area (Å²) in [7, 11) is 0. The van der Waals surface area contributed by atoms with Crippen LogP contribution in [0.3, 0.4) is 0 Å². The summed E-state index contributed by atoms with van der Waals surface area (Å²) in [6.07, 6.45) is 9.36. The number of benzodiazepines with no additional fused rings is 1. The van der Waals surface area contributed by atoms with Crippen LogP contribution in [0.2, 0.25) is 0 Å². The number of halogens is 1. The fourth-order valence-electron chi connectivity index (χ4n) is 6.19. The molecule has 1 aliphatic heterocycles. The zero-order valence-electron chi connectivity index (χ0n) is 25.4. The van der Waals surface area contributed by atoms with Gasteiger partial charge in [-0.1, -0.05) is 63.4 Å². The number of nitrogens with zero attached hydrogens (tertiary/aromatic N) is 3. The van der Waals surface area contributed by atoms with E-state index in [1.165, 1.54) is 31.4 Å². The Morgan fingerprint density at radius 3 is 2.45 bits per heavy atom. The summed E-state index contributed by atoms with van der Waals surface area (Å²) in [5, 5.41) is 5.87. The molecule has 2 aromatic carbocycles. The van der Waals surface area contributed by atoms with Crippen molar-refractivity contribution in [1.82, 2.24) is 15.5 Å². The number of hydrogen-bond acceptors (Lipinski definition) is 4. The van der Waals surface area contributed by atoms with Crippen molar-refractivity contribution in [3.05, 3.63) is 65.5 Å². The molecule has 2 aromatic rings. The van der Waals surface area contributed by atoms with Crippen molar-refractivity contribution < 1.29 is 14.0 Å². The number of benzene rings is 2. The van der Waals surface area contributed by atoms with E-state index in [0.717, 1.165) is 87.1 Å². The number of carbonyl (C=O) groups is 2. The highest BCUT2D eigenvalue weighted by molar-refractivity contribution is 6.14. The maximum Gasteiger partial charge on any atom is 0.316 e. The topological polar surface area (TPSA) is 77.0 Å². The highest BCUT2D eigenvalue weighted by Gasteiger charge is 2.34. The largest absolute Gasteiger partial charge is 0.338 e. The first-order valence-electron chi connectivity index (χ1n) is 16.0. The van der Waals surface area contributed by atoms with Crippen molar-refractivity contribution in [1.29, 1.82) is 0 Å². The molecule has 1 atom stereocenters. The number of urea groups is 1. The normalized spacial score (nSPS) is 17.5. The standard InChI is InChI=1S/C34H48FN5O2/c1-3-22-39(24-10-12-26-17-19-28(35)20-18-26)25-11-21-36-34(42)38-32-33(41)40(23-4-2)30-16-9-8-15-29(30)31(37-32)27-13-6-5-7-14-27/h8-9,15-20,27,32H,3-7,10-14,21-25H2,1-2H3,(H2,36,38,42). The number of nitrogens with one attached hydrogen (secondary N) is 2. The molecular formula is C34H48FN5O2. The molecule has 1 unspecified atom stereocenters. The molecule has 3 amide bonds. The lowest BCUT2D eigenvalue weighted by atomic mass is 9.83. The van der Waals surface area contributed by atoms with Gasteiger partial charge in [-0.25, -0.2) is 9.18 Å². The van der Waals surface area contributed by atoms with Crippen LogP contribution >= 0.6 is 0 Å². The van der Waals surface area contributed by atoms with Crippen LogP contribution in [0.1, 0.15) is 82.8 Å². The van der Waals surface area contributed by atoms with Gasteiger partial charge in [0.15, 0.2) is 0 Å². The molecule has 0 bridgehead atoms. The Hall–Kier alpha value is -3.26. The van der Waals surface area contributed by atoms with E-state index in [4.69, 9.17) is 4.99 Å². The average molecular weight is 578 g/mol. The summed E-state index contributed by atoms with van der Waals surface area (Å²) in [6, 6.07) is 14.4. The molecule has 1 aliphatic carbocycles. The SMILES string of the molecule is CCCN(CCCNC(=O)NC1N=C(C2CCCCC2)c2ccccc2N(CCC)C1=O)CCCc1ccc(F)cc1. The third-order valence-corrected chi connectivity index (χ3v) is 8.28. The van der Waals surface area contributed by atoms with Crippen LogP contribution in [0, 0.1) is 11.7 Å². The minimum absolute atomic E-state index is 0.180. The van der Waals surface area contributed by atoms with Gasteiger partial charge in [0, 0.05) is 24.6 Å². The molecule has 8 heteroatoms. The number of amides is 3. The quantitative estimate of drug-likeness (QED) is 0.258. The Morgan fingerprint density at radius 2 is 1.71 bits per heavy atom. The first kappa shape index (κ1) is 31.7. The monoisotopic (exact) mass is 577 g/mol. The fraction of sp³-hybridized carbons (Fsp3) is 0.559. The van der Waals surface area contributed by atoms with Crippen molar-refractivity contribution >= 4 is 23.3 Å². The summed E-state index contributed by atoms with van der Waals surface area (Å²) in [5.41, 5.74) is 4.02. The molecule has 1 saturated carbocycles. The molecule has 1 fully saturated rings. The fourth-order valence-corrected chi connectivity index (χ4v) is 6.19. The molecule has 42 heavy (non-hydrogen) atoms. The van der Waals surface area contributed by atoms with Gasteiger partial charge in [-0.3, -0.25) is 9.79 Å². The second-order valence-electron chi connectivity index (χ2n) is 11.6. The van der Waals surface area contributed by atoms with Gasteiger partial charge in [-0.2, -0.15) is 0 Å². The van der Waals surface area contributed by atoms with Crippen LogP contribution in [0.5, 0.6) is 0 Å². The van der Waals surface area contributed by atoms with Gasteiger partial charge in [-0.15, -0.1) is 0 Å². The zero-order valence-corrected chi connectivity index (χ0v) is 25.4. The van der Waals surface area contributed by atoms with Gasteiger partial charge >= 0.3 is 6.03 Å². The van der Waals surface area contributed by atoms with Crippen LogP contribution in [-0.4, -0.2) is 61.4 Å². The number of aliphatic imine (C=N–C) groups is 1. The van der Waals surface area contributed by atoms with E-state index in [0.29, 0.717) is 19.0 Å². The van der Waals surface area contributed by atoms with E-state index in [2.05, 4.69) is 35.4 Å². The van der Waals surface area contributed by atoms with Crippen molar-refractivity contribution in [2.75, 3.05) is 37.6 Å². The number of anilines is 1. The summed E-state index contributed by atoms with van der Waals surface area (Å²) in [5.74, 6) is -0.0825. The number of carbonyl (C=O) groups excluding carboxylic acids is 2. The minimum atomic E-state index is -0.941. The second kappa shape index (κ2) is 16.4. The van der Waals surface area contributed by atoms with Crippen LogP contribution < -0.4 is 15.5 Å². The molecule has 0 saturated heterocycles. The third-order valence-electron chi connectivity index (χ3n) is 8.28. The minimum Gasteiger partial charge on any atom is -0.338 e. The van der Waals surface area contributed by atoms with E-state index in [1.54, 1.807) is 4.90 Å². The Labute approximate surface area is 251 Å². The molecule has 0 spiro atoms. The van der Waals surface area contributed by atoms with Crippen molar-refractivity contribution in [2.45, 2.75) is 84.2 Å². The van der Waals surface area contributed by atoms with Gasteiger partial charge in [0.25, 0.3) is 5.91 Å². The predicted octanol–water partition coefficient (Wildman–Crippen LogP) is 6.31. The van der Waals surface area contributed by atoms with Gasteiger partial charge < -0.3 is 20.4 Å². The molecule has 228 valence electrons. The van der Waals surface area contributed by atoms with Crippen LogP contribution in [-0.2, 0) is 11.2 Å². The van der Waals surface area contributed by atoms with Crippen LogP contribution in [0.15, 0.2) is 53.5 Å². The maximum atomic E-state index is 13.7. The molecule has 1 heterocycles. The van der Waals surface area contributed by atoms with E-state index < -0.39 is 6.17 Å². The van der Waals surface area contributed by atoms with Gasteiger partial charge in [0.1, 0.15) is 5.82 Å². The van der Waals surface area contributed by atoms with Gasteiger partial charge in [-0.05, 0) is 88.3 Å². The molecule has 0 radical (unpaired) electrons. The van der Waals surface area contributed by atoms with Gasteiger partial charge in [0.05, 0.1) is 11.4 Å². The van der Waals surface area contributed by atoms with E-state index >= 15 is 0 Å². The maximum absolute atomic E-state index is 13.7. The average Bonchev–Trinajstić information content (AvgIpc) is 3.11.